The van der Waals surface area contributed by atoms with E-state index >= 15 is 0 Å². The first-order valence-corrected chi connectivity index (χ1v) is 11.4. The van der Waals surface area contributed by atoms with E-state index in [1.165, 1.54) is 45.5 Å². The Morgan fingerprint density at radius 3 is 2.74 bits per heavy atom. The zero-order valence-electron chi connectivity index (χ0n) is 16.7. The van der Waals surface area contributed by atoms with E-state index in [9.17, 15) is 14.7 Å². The van der Waals surface area contributed by atoms with Gasteiger partial charge in [0.05, 0.1) is 22.1 Å². The number of furan rings is 1. The Labute approximate surface area is 186 Å². The number of ketones is 1. The lowest BCUT2D eigenvalue weighted by molar-refractivity contribution is -0.117. The monoisotopic (exact) mass is 450 g/mol. The number of Topliss-reactive ketones (excluding diaryl/α,β-unsaturated/α-hetero) is 1. The summed E-state index contributed by atoms with van der Waals surface area (Å²) in [6.07, 6.45) is 1.39. The molecule has 0 bridgehead atoms. The third-order valence-corrected chi connectivity index (χ3v) is 7.23. The maximum absolute atomic E-state index is 13.2. The van der Waals surface area contributed by atoms with Crippen LogP contribution in [0.2, 0.25) is 0 Å². The van der Waals surface area contributed by atoms with Crippen LogP contribution in [0.4, 0.5) is 5.13 Å². The number of aromatic nitrogens is 1. The molecule has 31 heavy (non-hydrogen) atoms. The molecular formula is C23H18N2O4S2. The van der Waals surface area contributed by atoms with Gasteiger partial charge in [-0.1, -0.05) is 37.3 Å². The van der Waals surface area contributed by atoms with Gasteiger partial charge in [0.2, 0.25) is 5.78 Å². The van der Waals surface area contributed by atoms with Crippen LogP contribution in [0.3, 0.4) is 0 Å². The second-order valence-corrected chi connectivity index (χ2v) is 9.53. The Hall–Kier alpha value is -3.23. The fourth-order valence-electron chi connectivity index (χ4n) is 3.68. The number of hydrogen-bond donors (Lipinski definition) is 1. The normalized spacial score (nSPS) is 16.8. The van der Waals surface area contributed by atoms with E-state index in [0.717, 1.165) is 15.1 Å². The van der Waals surface area contributed by atoms with Crippen LogP contribution in [0.1, 0.15) is 46.8 Å². The molecule has 1 N–H and O–H groups in total. The summed E-state index contributed by atoms with van der Waals surface area (Å²) in [5.41, 5.74) is 1.96. The Kier molecular flexibility index (Phi) is 4.75. The summed E-state index contributed by atoms with van der Waals surface area (Å²) < 4.78 is 6.20. The predicted molar refractivity (Wildman–Crippen MR) is 121 cm³/mol. The number of fused-ring (bicyclic) bond motifs is 1. The van der Waals surface area contributed by atoms with Gasteiger partial charge >= 0.3 is 0 Å². The van der Waals surface area contributed by atoms with Crippen LogP contribution in [0.15, 0.2) is 69.9 Å². The number of aliphatic hydroxyl groups is 1. The van der Waals surface area contributed by atoms with Crippen molar-refractivity contribution in [2.75, 3.05) is 4.90 Å². The van der Waals surface area contributed by atoms with E-state index in [4.69, 9.17) is 4.42 Å². The summed E-state index contributed by atoms with van der Waals surface area (Å²) in [6, 6.07) is 12.1. The molecule has 0 radical (unpaired) electrons. The highest BCUT2D eigenvalue weighted by Gasteiger charge is 2.46. The van der Waals surface area contributed by atoms with Gasteiger partial charge in [-0.2, -0.15) is 0 Å². The molecule has 0 aliphatic carbocycles. The molecule has 3 aromatic heterocycles. The van der Waals surface area contributed by atoms with Gasteiger partial charge in [0.1, 0.15) is 6.04 Å². The van der Waals surface area contributed by atoms with Crippen molar-refractivity contribution in [2.45, 2.75) is 25.8 Å². The molecule has 156 valence electrons. The number of nitrogens with zero attached hydrogens (tertiary/aromatic N) is 2. The highest BCUT2D eigenvalue weighted by molar-refractivity contribution is 7.22. The molecule has 4 heterocycles. The predicted octanol–water partition coefficient (Wildman–Crippen LogP) is 5.86. The van der Waals surface area contributed by atoms with Gasteiger partial charge in [0, 0.05) is 4.88 Å². The first kappa shape index (κ1) is 19.7. The van der Waals surface area contributed by atoms with Crippen molar-refractivity contribution in [3.8, 4) is 0 Å². The van der Waals surface area contributed by atoms with E-state index in [-0.39, 0.29) is 11.3 Å². The average molecular weight is 451 g/mol. The quantitative estimate of drug-likeness (QED) is 0.385. The van der Waals surface area contributed by atoms with Crippen LogP contribution in [0, 0.1) is 0 Å². The highest BCUT2D eigenvalue weighted by atomic mass is 32.1. The van der Waals surface area contributed by atoms with E-state index in [1.807, 2.05) is 29.6 Å². The first-order chi connectivity index (χ1) is 15.0. The van der Waals surface area contributed by atoms with E-state index in [0.29, 0.717) is 11.0 Å². The van der Waals surface area contributed by atoms with E-state index < -0.39 is 23.5 Å². The molecule has 1 atom stereocenters. The van der Waals surface area contributed by atoms with Gasteiger partial charge in [-0.25, -0.2) is 4.98 Å². The number of amides is 1. The number of carbonyl (C=O) groups is 2. The number of carbonyl (C=O) groups excluding carboxylic acids is 2. The summed E-state index contributed by atoms with van der Waals surface area (Å²) in [6.45, 7) is 4.24. The number of rotatable bonds is 5. The summed E-state index contributed by atoms with van der Waals surface area (Å²) in [4.78, 5) is 33.1. The number of thiazole rings is 1. The lowest BCUT2D eigenvalue weighted by Crippen LogP contribution is -2.30. The SMILES string of the molecule is CC(C)c1ccc2nc(N3C(=O)C(O)=C(C(=O)c4ccco4)C3c3cccs3)sc2c1. The Bertz CT molecular complexity index is 1320. The van der Waals surface area contributed by atoms with Crippen LogP contribution in [0.5, 0.6) is 0 Å². The van der Waals surface area contributed by atoms with Crippen LogP contribution < -0.4 is 4.90 Å². The molecule has 1 aliphatic rings. The van der Waals surface area contributed by atoms with Gasteiger partial charge in [-0.15, -0.1) is 11.3 Å². The van der Waals surface area contributed by atoms with Crippen molar-refractivity contribution in [3.63, 3.8) is 0 Å². The third kappa shape index (κ3) is 3.19. The zero-order valence-corrected chi connectivity index (χ0v) is 18.4. The largest absolute Gasteiger partial charge is 0.503 e. The number of thiophene rings is 1. The standard InChI is InChI=1S/C23H18N2O4S2/c1-12(2)13-7-8-14-17(11-13)31-23(24-14)25-19(16-6-4-10-30-16)18(21(27)22(25)28)20(26)15-5-3-9-29-15/h3-12,19,27H,1-2H3. The lowest BCUT2D eigenvalue weighted by Gasteiger charge is -2.22. The van der Waals surface area contributed by atoms with Crippen molar-refractivity contribution >= 4 is 49.7 Å². The number of aliphatic hydroxyl groups excluding tert-OH is 1. The van der Waals surface area contributed by atoms with Crippen molar-refractivity contribution in [2.24, 2.45) is 0 Å². The molecule has 1 aromatic carbocycles. The van der Waals surface area contributed by atoms with Crippen LogP contribution >= 0.6 is 22.7 Å². The second-order valence-electron chi connectivity index (χ2n) is 7.54. The zero-order chi connectivity index (χ0) is 21.7. The van der Waals surface area contributed by atoms with E-state index in [1.54, 1.807) is 6.07 Å². The van der Waals surface area contributed by atoms with Gasteiger partial charge in [0.25, 0.3) is 5.91 Å². The molecule has 8 heteroatoms. The number of hydrogen-bond acceptors (Lipinski definition) is 7. The Balaban J connectivity index is 1.64. The molecule has 0 saturated carbocycles. The minimum absolute atomic E-state index is 0.00419. The molecule has 0 saturated heterocycles. The molecule has 1 unspecified atom stereocenters. The summed E-state index contributed by atoms with van der Waals surface area (Å²) in [5, 5.41) is 13.0. The van der Waals surface area contributed by atoms with Gasteiger partial charge in [-0.05, 0) is 47.2 Å². The van der Waals surface area contributed by atoms with Gasteiger partial charge < -0.3 is 9.52 Å². The minimum Gasteiger partial charge on any atom is -0.503 e. The number of anilines is 1. The smallest absolute Gasteiger partial charge is 0.296 e. The Morgan fingerprint density at radius 2 is 2.06 bits per heavy atom. The van der Waals surface area contributed by atoms with Gasteiger partial charge in [-0.3, -0.25) is 14.5 Å². The van der Waals surface area contributed by atoms with Crippen LogP contribution in [-0.4, -0.2) is 21.8 Å². The maximum Gasteiger partial charge on any atom is 0.296 e. The fraction of sp³-hybridized carbons (Fsp3) is 0.174. The molecule has 0 spiro atoms. The molecule has 5 rings (SSSR count). The fourth-order valence-corrected chi connectivity index (χ4v) is 5.55. The van der Waals surface area contributed by atoms with E-state index in [2.05, 4.69) is 24.9 Å². The van der Waals surface area contributed by atoms with Crippen LogP contribution in [0.25, 0.3) is 10.2 Å². The average Bonchev–Trinajstić information content (AvgIpc) is 3.54. The number of benzene rings is 1. The van der Waals surface area contributed by atoms with Crippen molar-refractivity contribution in [3.05, 3.63) is 81.6 Å². The highest BCUT2D eigenvalue weighted by Crippen LogP contribution is 2.45. The van der Waals surface area contributed by atoms with Crippen molar-refractivity contribution < 1.29 is 19.1 Å². The first-order valence-electron chi connectivity index (χ1n) is 9.74. The molecule has 0 fully saturated rings. The molecular weight excluding hydrogens is 432 g/mol. The summed E-state index contributed by atoms with van der Waals surface area (Å²) in [5.74, 6) is -1.28. The molecule has 6 nitrogen and oxygen atoms in total. The maximum atomic E-state index is 13.2. The summed E-state index contributed by atoms with van der Waals surface area (Å²) in [7, 11) is 0. The third-order valence-electron chi connectivity index (χ3n) is 5.28. The van der Waals surface area contributed by atoms with Crippen molar-refractivity contribution in [1.29, 1.82) is 0 Å². The molecule has 1 amide bonds. The summed E-state index contributed by atoms with van der Waals surface area (Å²) >= 11 is 2.78. The lowest BCUT2D eigenvalue weighted by atomic mass is 10.0. The minimum atomic E-state index is -0.768. The molecule has 1 aliphatic heterocycles. The van der Waals surface area contributed by atoms with Gasteiger partial charge in [0.15, 0.2) is 16.7 Å². The van der Waals surface area contributed by atoms with Crippen molar-refractivity contribution in [1.82, 2.24) is 4.98 Å². The molecule has 4 aromatic rings. The topological polar surface area (TPSA) is 83.6 Å². The Morgan fingerprint density at radius 1 is 1.23 bits per heavy atom. The van der Waals surface area contributed by atoms with Crippen LogP contribution in [-0.2, 0) is 4.79 Å². The second kappa shape index (κ2) is 7.47.